The maximum absolute atomic E-state index is 15.3. The van der Waals surface area contributed by atoms with E-state index in [0.29, 0.717) is 25.1 Å². The lowest BCUT2D eigenvalue weighted by Crippen LogP contribution is -2.40. The summed E-state index contributed by atoms with van der Waals surface area (Å²) in [6.07, 6.45) is 3.18. The van der Waals surface area contributed by atoms with Crippen LogP contribution in [0.3, 0.4) is 0 Å². The molecule has 2 fully saturated rings. The number of anilines is 1. The molecule has 34 heavy (non-hydrogen) atoms. The number of esters is 1. The van der Waals surface area contributed by atoms with Crippen LogP contribution in [-0.4, -0.2) is 47.8 Å². The van der Waals surface area contributed by atoms with Gasteiger partial charge in [-0.3, -0.25) is 9.36 Å². The first-order valence-electron chi connectivity index (χ1n) is 11.2. The highest BCUT2D eigenvalue weighted by molar-refractivity contribution is 5.94. The summed E-state index contributed by atoms with van der Waals surface area (Å²) in [5.41, 5.74) is -1.35. The van der Waals surface area contributed by atoms with Gasteiger partial charge in [0, 0.05) is 31.4 Å². The molecule has 2 saturated heterocycles. The molecule has 3 aromatic rings. The number of nitrogens with one attached hydrogen (secondary N) is 1. The lowest BCUT2D eigenvalue weighted by molar-refractivity contribution is 0.0524. The molecular weight excluding hydrogens is 449 g/mol. The number of aromatic nitrogens is 2. The van der Waals surface area contributed by atoms with Crippen LogP contribution >= 0.6 is 0 Å². The summed E-state index contributed by atoms with van der Waals surface area (Å²) in [7, 11) is 0. The number of hydrogen-bond donors (Lipinski definition) is 1. The van der Waals surface area contributed by atoms with Crippen molar-refractivity contribution in [3.8, 4) is 5.69 Å². The average molecular weight is 472 g/mol. The molecule has 4 heterocycles. The van der Waals surface area contributed by atoms with Crippen LogP contribution in [0.25, 0.3) is 16.7 Å². The van der Waals surface area contributed by atoms with Crippen LogP contribution in [0.5, 0.6) is 0 Å². The number of nitrogens with zero attached hydrogens (tertiary/aromatic N) is 3. The van der Waals surface area contributed by atoms with Crippen LogP contribution in [0.1, 0.15) is 30.1 Å². The molecular formula is C24H23F3N4O3. The fraction of sp³-hybridized carbons (Fsp3) is 0.375. The third-order valence-electron chi connectivity index (χ3n) is 6.48. The Bertz CT molecular complexity index is 1330. The molecule has 7 nitrogen and oxygen atoms in total. The SMILES string of the molecule is CCOC(=O)c1cn(-c2ccc(F)cc2F)c2nc(N3CC4CCCNC4C3)c(F)cc2c1=O. The van der Waals surface area contributed by atoms with Crippen molar-refractivity contribution < 1.29 is 22.7 Å². The van der Waals surface area contributed by atoms with E-state index in [9.17, 15) is 18.4 Å². The van der Waals surface area contributed by atoms with E-state index in [1.807, 2.05) is 4.90 Å². The van der Waals surface area contributed by atoms with Crippen molar-refractivity contribution in [2.24, 2.45) is 5.92 Å². The molecule has 0 spiro atoms. The molecule has 0 aliphatic carbocycles. The molecule has 2 aliphatic rings. The summed E-state index contributed by atoms with van der Waals surface area (Å²) in [6.45, 7) is 3.65. The molecule has 1 N–H and O–H groups in total. The van der Waals surface area contributed by atoms with Gasteiger partial charge < -0.3 is 15.0 Å². The van der Waals surface area contributed by atoms with E-state index >= 15 is 4.39 Å². The second kappa shape index (κ2) is 8.75. The van der Waals surface area contributed by atoms with Gasteiger partial charge in [0.1, 0.15) is 17.2 Å². The normalized spacial score (nSPS) is 19.9. The van der Waals surface area contributed by atoms with Gasteiger partial charge in [-0.2, -0.15) is 0 Å². The summed E-state index contributed by atoms with van der Waals surface area (Å²) < 4.78 is 49.7. The minimum atomic E-state index is -0.927. The van der Waals surface area contributed by atoms with Crippen molar-refractivity contribution in [3.05, 3.63) is 63.7 Å². The predicted molar refractivity (Wildman–Crippen MR) is 120 cm³/mol. The van der Waals surface area contributed by atoms with Crippen molar-refractivity contribution >= 4 is 22.8 Å². The molecule has 0 saturated carbocycles. The summed E-state index contributed by atoms with van der Waals surface area (Å²) >= 11 is 0. The monoisotopic (exact) mass is 472 g/mol. The molecule has 0 amide bonds. The third-order valence-corrected chi connectivity index (χ3v) is 6.48. The number of pyridine rings is 2. The smallest absolute Gasteiger partial charge is 0.343 e. The summed E-state index contributed by atoms with van der Waals surface area (Å²) in [6, 6.07) is 4.14. The molecule has 0 bridgehead atoms. The highest BCUT2D eigenvalue weighted by Crippen LogP contribution is 2.31. The van der Waals surface area contributed by atoms with E-state index in [1.54, 1.807) is 6.92 Å². The molecule has 1 aromatic carbocycles. The lowest BCUT2D eigenvalue weighted by Gasteiger charge is -2.24. The van der Waals surface area contributed by atoms with Gasteiger partial charge in [0.05, 0.1) is 17.7 Å². The van der Waals surface area contributed by atoms with Crippen molar-refractivity contribution in [1.82, 2.24) is 14.9 Å². The average Bonchev–Trinajstić information content (AvgIpc) is 3.24. The van der Waals surface area contributed by atoms with E-state index in [4.69, 9.17) is 4.74 Å². The number of hydrogen-bond acceptors (Lipinski definition) is 6. The minimum absolute atomic E-state index is 0.0120. The number of fused-ring (bicyclic) bond motifs is 2. The Labute approximate surface area is 193 Å². The fourth-order valence-electron chi connectivity index (χ4n) is 4.87. The maximum atomic E-state index is 15.3. The van der Waals surface area contributed by atoms with Crippen LogP contribution < -0.4 is 15.6 Å². The quantitative estimate of drug-likeness (QED) is 0.588. The van der Waals surface area contributed by atoms with Gasteiger partial charge in [-0.25, -0.2) is 22.9 Å². The highest BCUT2D eigenvalue weighted by atomic mass is 19.1. The second-order valence-corrected chi connectivity index (χ2v) is 8.59. The molecule has 2 aromatic heterocycles. The van der Waals surface area contributed by atoms with Gasteiger partial charge in [0.2, 0.25) is 5.43 Å². The highest BCUT2D eigenvalue weighted by Gasteiger charge is 2.36. The topological polar surface area (TPSA) is 76.5 Å². The zero-order chi connectivity index (χ0) is 24.0. The van der Waals surface area contributed by atoms with Crippen LogP contribution in [-0.2, 0) is 4.74 Å². The van der Waals surface area contributed by atoms with Gasteiger partial charge in [-0.15, -0.1) is 0 Å². The van der Waals surface area contributed by atoms with Crippen LogP contribution in [0.15, 0.2) is 35.3 Å². The second-order valence-electron chi connectivity index (χ2n) is 8.59. The molecule has 2 aliphatic heterocycles. The zero-order valence-electron chi connectivity index (χ0n) is 18.5. The summed E-state index contributed by atoms with van der Waals surface area (Å²) in [5, 5.41) is 3.24. The van der Waals surface area contributed by atoms with E-state index < -0.39 is 34.4 Å². The number of rotatable bonds is 4. The van der Waals surface area contributed by atoms with Crippen molar-refractivity contribution in [3.63, 3.8) is 0 Å². The zero-order valence-corrected chi connectivity index (χ0v) is 18.5. The molecule has 10 heteroatoms. The Kier molecular flexibility index (Phi) is 5.76. The van der Waals surface area contributed by atoms with E-state index in [2.05, 4.69) is 10.3 Å². The molecule has 2 unspecified atom stereocenters. The first kappa shape index (κ1) is 22.4. The lowest BCUT2D eigenvalue weighted by atomic mass is 9.94. The number of halogens is 3. The number of piperidine rings is 1. The van der Waals surface area contributed by atoms with Crippen molar-refractivity contribution in [2.45, 2.75) is 25.8 Å². The number of carbonyl (C=O) groups excluding carboxylic acids is 1. The van der Waals surface area contributed by atoms with Gasteiger partial charge in [-0.1, -0.05) is 0 Å². The van der Waals surface area contributed by atoms with Crippen LogP contribution in [0.4, 0.5) is 19.0 Å². The molecule has 2 atom stereocenters. The van der Waals surface area contributed by atoms with Crippen molar-refractivity contribution in [1.29, 1.82) is 0 Å². The standard InChI is InChI=1S/C24H23F3N4O3/c1-2-34-24(33)16-11-31(20-6-5-14(25)8-17(20)26)22-15(21(16)32)9-18(27)23(29-22)30-10-13-4-3-7-28-19(13)12-30/h5-6,8-9,11,13,19,28H,2-4,7,10,12H2,1H3. The van der Waals surface area contributed by atoms with Gasteiger partial charge >= 0.3 is 5.97 Å². The molecule has 178 valence electrons. The summed E-state index contributed by atoms with van der Waals surface area (Å²) in [4.78, 5) is 31.7. The number of benzene rings is 1. The Hall–Kier alpha value is -3.40. The molecule has 5 rings (SSSR count). The Morgan fingerprint density at radius 2 is 2.03 bits per heavy atom. The van der Waals surface area contributed by atoms with Crippen LogP contribution in [0, 0.1) is 23.4 Å². The minimum Gasteiger partial charge on any atom is -0.462 e. The Balaban J connectivity index is 1.71. The van der Waals surface area contributed by atoms with Gasteiger partial charge in [-0.05, 0) is 50.4 Å². The third kappa shape index (κ3) is 3.81. The van der Waals surface area contributed by atoms with Gasteiger partial charge in [0.15, 0.2) is 17.3 Å². The number of carbonyl (C=O) groups is 1. The van der Waals surface area contributed by atoms with Crippen molar-refractivity contribution in [2.75, 3.05) is 31.1 Å². The van der Waals surface area contributed by atoms with E-state index in [1.165, 1.54) is 10.6 Å². The first-order chi connectivity index (χ1) is 16.4. The first-order valence-corrected chi connectivity index (χ1v) is 11.2. The van der Waals surface area contributed by atoms with Gasteiger partial charge in [0.25, 0.3) is 0 Å². The Morgan fingerprint density at radius 3 is 2.76 bits per heavy atom. The van der Waals surface area contributed by atoms with E-state index in [-0.39, 0.29) is 35.2 Å². The van der Waals surface area contributed by atoms with Crippen LogP contribution in [0.2, 0.25) is 0 Å². The maximum Gasteiger partial charge on any atom is 0.343 e. The predicted octanol–water partition coefficient (Wildman–Crippen LogP) is 3.17. The number of ether oxygens (including phenoxy) is 1. The Morgan fingerprint density at radius 1 is 1.21 bits per heavy atom. The fourth-order valence-corrected chi connectivity index (χ4v) is 4.87. The molecule has 0 radical (unpaired) electrons. The largest absolute Gasteiger partial charge is 0.462 e. The van der Waals surface area contributed by atoms with E-state index in [0.717, 1.165) is 37.7 Å². The summed E-state index contributed by atoms with van der Waals surface area (Å²) in [5.74, 6) is -2.95.